The van der Waals surface area contributed by atoms with Gasteiger partial charge in [0.05, 0.1) is 11.6 Å². The summed E-state index contributed by atoms with van der Waals surface area (Å²) < 4.78 is 14.0. The normalized spacial score (nSPS) is 12.0. The van der Waals surface area contributed by atoms with Crippen molar-refractivity contribution in [3.8, 4) is 0 Å². The maximum atomic E-state index is 14.0. The summed E-state index contributed by atoms with van der Waals surface area (Å²) in [6, 6.07) is 12.2. The van der Waals surface area contributed by atoms with Crippen molar-refractivity contribution in [2.24, 2.45) is 0 Å². The quantitative estimate of drug-likeness (QED) is 0.898. The van der Waals surface area contributed by atoms with Crippen molar-refractivity contribution in [2.45, 2.75) is 19.9 Å². The third-order valence-corrected chi connectivity index (χ3v) is 3.62. The fourth-order valence-electron chi connectivity index (χ4n) is 1.94. The van der Waals surface area contributed by atoms with Gasteiger partial charge in [-0.05, 0) is 31.5 Å². The Morgan fingerprint density at radius 2 is 1.85 bits per heavy atom. The van der Waals surface area contributed by atoms with E-state index in [4.69, 9.17) is 11.6 Å². The molecule has 1 unspecified atom stereocenters. The number of amides is 1. The van der Waals surface area contributed by atoms with Gasteiger partial charge in [-0.1, -0.05) is 41.9 Å². The highest BCUT2D eigenvalue weighted by Crippen LogP contribution is 2.22. The van der Waals surface area contributed by atoms with Crippen molar-refractivity contribution >= 4 is 17.5 Å². The minimum atomic E-state index is -0.574. The van der Waals surface area contributed by atoms with Gasteiger partial charge in [0.15, 0.2) is 0 Å². The number of benzene rings is 2. The molecule has 0 radical (unpaired) electrons. The standard InChI is InChI=1S/C16H15ClFNO/c1-10-14(17)9-8-13(15(10)18)16(20)19-11(2)12-6-4-3-5-7-12/h3-9,11H,1-2H3,(H,19,20). The highest BCUT2D eigenvalue weighted by Gasteiger charge is 2.17. The topological polar surface area (TPSA) is 29.1 Å². The van der Waals surface area contributed by atoms with Gasteiger partial charge in [-0.15, -0.1) is 0 Å². The van der Waals surface area contributed by atoms with Gasteiger partial charge in [-0.2, -0.15) is 0 Å². The number of rotatable bonds is 3. The highest BCUT2D eigenvalue weighted by molar-refractivity contribution is 6.31. The van der Waals surface area contributed by atoms with Gasteiger partial charge in [-0.3, -0.25) is 4.79 Å². The van der Waals surface area contributed by atoms with Gasteiger partial charge in [-0.25, -0.2) is 4.39 Å². The first kappa shape index (κ1) is 14.5. The van der Waals surface area contributed by atoms with Crippen LogP contribution in [-0.2, 0) is 0 Å². The van der Waals surface area contributed by atoms with E-state index in [2.05, 4.69) is 5.32 Å². The Balaban J connectivity index is 2.19. The molecule has 4 heteroatoms. The predicted molar refractivity (Wildman–Crippen MR) is 78.5 cm³/mol. The molecule has 0 spiro atoms. The molecule has 0 saturated carbocycles. The molecule has 104 valence electrons. The Kier molecular flexibility index (Phi) is 4.40. The van der Waals surface area contributed by atoms with Crippen LogP contribution in [0.25, 0.3) is 0 Å². The van der Waals surface area contributed by atoms with Gasteiger partial charge in [0.2, 0.25) is 0 Å². The number of hydrogen-bond acceptors (Lipinski definition) is 1. The Morgan fingerprint density at radius 3 is 2.50 bits per heavy atom. The zero-order valence-electron chi connectivity index (χ0n) is 11.3. The van der Waals surface area contributed by atoms with E-state index in [-0.39, 0.29) is 17.2 Å². The summed E-state index contributed by atoms with van der Waals surface area (Å²) in [5.41, 5.74) is 1.26. The van der Waals surface area contributed by atoms with Crippen LogP contribution < -0.4 is 5.32 Å². The van der Waals surface area contributed by atoms with Crippen LogP contribution in [0.1, 0.15) is 34.5 Å². The molecule has 0 heterocycles. The molecule has 2 nitrogen and oxygen atoms in total. The lowest BCUT2D eigenvalue weighted by Gasteiger charge is -2.15. The van der Waals surface area contributed by atoms with Gasteiger partial charge in [0.25, 0.3) is 5.91 Å². The maximum absolute atomic E-state index is 14.0. The van der Waals surface area contributed by atoms with Crippen LogP contribution in [0.2, 0.25) is 5.02 Å². The van der Waals surface area contributed by atoms with Crippen molar-refractivity contribution in [3.05, 3.63) is 70.0 Å². The molecule has 2 aromatic carbocycles. The molecule has 0 aliphatic heterocycles. The molecule has 0 aromatic heterocycles. The zero-order valence-corrected chi connectivity index (χ0v) is 12.0. The smallest absolute Gasteiger partial charge is 0.254 e. The molecular formula is C16H15ClFNO. The van der Waals surface area contributed by atoms with Crippen LogP contribution in [0.15, 0.2) is 42.5 Å². The van der Waals surface area contributed by atoms with Crippen molar-refractivity contribution < 1.29 is 9.18 Å². The van der Waals surface area contributed by atoms with E-state index in [1.807, 2.05) is 37.3 Å². The lowest BCUT2D eigenvalue weighted by Crippen LogP contribution is -2.27. The average Bonchev–Trinajstić information content (AvgIpc) is 2.45. The van der Waals surface area contributed by atoms with Crippen molar-refractivity contribution in [1.29, 1.82) is 0 Å². The summed E-state index contributed by atoms with van der Waals surface area (Å²) >= 11 is 5.82. The first-order chi connectivity index (χ1) is 9.50. The number of halogens is 2. The maximum Gasteiger partial charge on any atom is 0.254 e. The molecule has 1 atom stereocenters. The third kappa shape index (κ3) is 2.99. The number of carbonyl (C=O) groups excluding carboxylic acids is 1. The minimum Gasteiger partial charge on any atom is -0.345 e. The average molecular weight is 292 g/mol. The molecule has 1 amide bonds. The number of carbonyl (C=O) groups is 1. The van der Waals surface area contributed by atoms with Gasteiger partial charge < -0.3 is 5.32 Å². The van der Waals surface area contributed by atoms with E-state index in [1.54, 1.807) is 6.92 Å². The lowest BCUT2D eigenvalue weighted by molar-refractivity contribution is 0.0935. The number of hydrogen-bond donors (Lipinski definition) is 1. The second-order valence-corrected chi connectivity index (χ2v) is 5.05. The molecule has 0 fully saturated rings. The Morgan fingerprint density at radius 1 is 1.20 bits per heavy atom. The van der Waals surface area contributed by atoms with Gasteiger partial charge in [0, 0.05) is 10.6 Å². The molecule has 20 heavy (non-hydrogen) atoms. The monoisotopic (exact) mass is 291 g/mol. The third-order valence-electron chi connectivity index (χ3n) is 3.21. The minimum absolute atomic E-state index is 0.00896. The molecule has 2 rings (SSSR count). The Hall–Kier alpha value is -1.87. The predicted octanol–water partition coefficient (Wildman–Crippen LogP) is 4.28. The van der Waals surface area contributed by atoms with Crippen molar-refractivity contribution in [3.63, 3.8) is 0 Å². The van der Waals surface area contributed by atoms with Crippen LogP contribution in [0.4, 0.5) is 4.39 Å². The van der Waals surface area contributed by atoms with Crippen molar-refractivity contribution in [2.75, 3.05) is 0 Å². The number of nitrogens with one attached hydrogen (secondary N) is 1. The molecule has 0 bridgehead atoms. The largest absolute Gasteiger partial charge is 0.345 e. The SMILES string of the molecule is Cc1c(Cl)ccc(C(=O)NC(C)c2ccccc2)c1F. The Bertz CT molecular complexity index is 628. The van der Waals surface area contributed by atoms with Crippen LogP contribution >= 0.6 is 11.6 Å². The van der Waals surface area contributed by atoms with Crippen molar-refractivity contribution in [1.82, 2.24) is 5.32 Å². The molecule has 0 aliphatic rings. The summed E-state index contributed by atoms with van der Waals surface area (Å²) in [6.07, 6.45) is 0. The molecule has 2 aromatic rings. The van der Waals surface area contributed by atoms with E-state index in [1.165, 1.54) is 12.1 Å². The summed E-state index contributed by atoms with van der Waals surface area (Å²) in [5.74, 6) is -1.02. The summed E-state index contributed by atoms with van der Waals surface area (Å²) in [6.45, 7) is 3.41. The second kappa shape index (κ2) is 6.06. The summed E-state index contributed by atoms with van der Waals surface area (Å²) in [7, 11) is 0. The summed E-state index contributed by atoms with van der Waals surface area (Å²) in [5, 5.41) is 3.09. The second-order valence-electron chi connectivity index (χ2n) is 4.64. The molecule has 0 saturated heterocycles. The molecule has 0 aliphatic carbocycles. The fourth-order valence-corrected chi connectivity index (χ4v) is 2.08. The zero-order chi connectivity index (χ0) is 14.7. The van der Waals surface area contributed by atoms with E-state index in [0.717, 1.165) is 5.56 Å². The first-order valence-electron chi connectivity index (χ1n) is 6.31. The van der Waals surface area contributed by atoms with E-state index in [0.29, 0.717) is 5.02 Å². The molecular weight excluding hydrogens is 277 g/mol. The van der Waals surface area contributed by atoms with Crippen LogP contribution in [-0.4, -0.2) is 5.91 Å². The molecule has 1 N–H and O–H groups in total. The van der Waals surface area contributed by atoms with Gasteiger partial charge in [0.1, 0.15) is 5.82 Å². The van der Waals surface area contributed by atoms with E-state index in [9.17, 15) is 9.18 Å². The van der Waals surface area contributed by atoms with Crippen LogP contribution in [0.5, 0.6) is 0 Å². The lowest BCUT2D eigenvalue weighted by atomic mass is 10.1. The van der Waals surface area contributed by atoms with E-state index >= 15 is 0 Å². The Labute approximate surface area is 122 Å². The van der Waals surface area contributed by atoms with Gasteiger partial charge >= 0.3 is 0 Å². The first-order valence-corrected chi connectivity index (χ1v) is 6.69. The van der Waals surface area contributed by atoms with Crippen LogP contribution in [0.3, 0.4) is 0 Å². The summed E-state index contributed by atoms with van der Waals surface area (Å²) in [4.78, 5) is 12.1. The van der Waals surface area contributed by atoms with Crippen LogP contribution in [0, 0.1) is 12.7 Å². The highest BCUT2D eigenvalue weighted by atomic mass is 35.5. The fraction of sp³-hybridized carbons (Fsp3) is 0.188. The van der Waals surface area contributed by atoms with E-state index < -0.39 is 11.7 Å².